The smallest absolute Gasteiger partial charge is 0.398 e. The average Bonchev–Trinajstić information content (AvgIpc) is 2.45. The summed E-state index contributed by atoms with van der Waals surface area (Å²) >= 11 is 0. The molecular formula is C14H10N2O6S. The van der Waals surface area contributed by atoms with Crippen molar-refractivity contribution in [1.82, 2.24) is 0 Å². The molecule has 0 aromatic heterocycles. The van der Waals surface area contributed by atoms with E-state index in [1.807, 2.05) is 0 Å². The van der Waals surface area contributed by atoms with E-state index in [-0.39, 0.29) is 33.6 Å². The number of hydrogen-bond acceptors (Lipinski definition) is 7. The molecule has 0 bridgehead atoms. The van der Waals surface area contributed by atoms with Crippen LogP contribution < -0.4 is 15.7 Å². The number of benzene rings is 2. The van der Waals surface area contributed by atoms with Crippen LogP contribution in [0.4, 0.5) is 11.4 Å². The minimum absolute atomic E-state index is 0.0276. The first-order valence-corrected chi connectivity index (χ1v) is 7.64. The van der Waals surface area contributed by atoms with Gasteiger partial charge in [-0.3, -0.25) is 14.1 Å². The highest BCUT2D eigenvalue weighted by molar-refractivity contribution is 7.81. The predicted octanol–water partition coefficient (Wildman–Crippen LogP) is 0.808. The molecule has 2 aromatic rings. The third-order valence-electron chi connectivity index (χ3n) is 3.42. The van der Waals surface area contributed by atoms with Crippen molar-refractivity contribution in [1.29, 1.82) is 0 Å². The maximum absolute atomic E-state index is 12.7. The Morgan fingerprint density at radius 3 is 2.00 bits per heavy atom. The molecule has 5 N–H and O–H groups in total. The zero-order chi connectivity index (χ0) is 16.9. The second kappa shape index (κ2) is 4.80. The molecule has 3 rings (SSSR count). The molecule has 0 saturated carbocycles. The molecule has 0 spiro atoms. The van der Waals surface area contributed by atoms with Gasteiger partial charge in [0.2, 0.25) is 0 Å². The van der Waals surface area contributed by atoms with Crippen LogP contribution in [0.2, 0.25) is 0 Å². The number of anilines is 2. The van der Waals surface area contributed by atoms with Crippen LogP contribution in [0.15, 0.2) is 30.3 Å². The molecule has 9 heteroatoms. The predicted molar refractivity (Wildman–Crippen MR) is 80.8 cm³/mol. The van der Waals surface area contributed by atoms with Crippen LogP contribution in [-0.4, -0.2) is 24.5 Å². The van der Waals surface area contributed by atoms with E-state index in [2.05, 4.69) is 4.18 Å². The Hall–Kier alpha value is -2.91. The molecule has 0 amide bonds. The summed E-state index contributed by atoms with van der Waals surface area (Å²) in [4.78, 5) is 25.3. The summed E-state index contributed by atoms with van der Waals surface area (Å²) in [6, 6.07) is 6.57. The van der Waals surface area contributed by atoms with Crippen molar-refractivity contribution in [3.05, 3.63) is 52.6 Å². The van der Waals surface area contributed by atoms with Gasteiger partial charge in [-0.1, -0.05) is 12.1 Å². The molecule has 1 aliphatic carbocycles. The fraction of sp³-hybridized carbons (Fsp3) is 0. The molecule has 0 unspecified atom stereocenters. The van der Waals surface area contributed by atoms with Crippen LogP contribution in [0.5, 0.6) is 5.75 Å². The third kappa shape index (κ3) is 2.31. The van der Waals surface area contributed by atoms with E-state index in [0.717, 1.165) is 6.07 Å². The first-order chi connectivity index (χ1) is 10.7. The van der Waals surface area contributed by atoms with E-state index in [9.17, 15) is 18.0 Å². The van der Waals surface area contributed by atoms with Gasteiger partial charge in [0.05, 0.1) is 16.7 Å². The summed E-state index contributed by atoms with van der Waals surface area (Å²) < 4.78 is 35.1. The molecule has 118 valence electrons. The van der Waals surface area contributed by atoms with Crippen molar-refractivity contribution in [2.75, 3.05) is 11.5 Å². The summed E-state index contributed by atoms with van der Waals surface area (Å²) in [5, 5.41) is 0. The van der Waals surface area contributed by atoms with Gasteiger partial charge in [0, 0.05) is 16.9 Å². The summed E-state index contributed by atoms with van der Waals surface area (Å²) in [6.07, 6.45) is 0. The molecule has 0 aliphatic heterocycles. The van der Waals surface area contributed by atoms with Crippen LogP contribution >= 0.6 is 0 Å². The van der Waals surface area contributed by atoms with E-state index in [1.54, 1.807) is 0 Å². The molecule has 0 atom stereocenters. The monoisotopic (exact) mass is 334 g/mol. The van der Waals surface area contributed by atoms with E-state index in [0.29, 0.717) is 0 Å². The van der Waals surface area contributed by atoms with Crippen LogP contribution in [0, 0.1) is 0 Å². The van der Waals surface area contributed by atoms with Gasteiger partial charge in [0.25, 0.3) is 0 Å². The summed E-state index contributed by atoms with van der Waals surface area (Å²) in [7, 11) is -4.87. The lowest BCUT2D eigenvalue weighted by atomic mass is 9.82. The van der Waals surface area contributed by atoms with Gasteiger partial charge in [-0.15, -0.1) is 0 Å². The van der Waals surface area contributed by atoms with Gasteiger partial charge in [-0.05, 0) is 18.2 Å². The van der Waals surface area contributed by atoms with Gasteiger partial charge < -0.3 is 15.7 Å². The molecule has 0 fully saturated rings. The topological polar surface area (TPSA) is 150 Å². The van der Waals surface area contributed by atoms with E-state index in [1.165, 1.54) is 24.3 Å². The Morgan fingerprint density at radius 1 is 0.870 bits per heavy atom. The zero-order valence-electron chi connectivity index (χ0n) is 11.4. The Labute approximate surface area is 130 Å². The first-order valence-electron chi connectivity index (χ1n) is 6.28. The number of nitrogens with two attached hydrogens (primary N) is 2. The van der Waals surface area contributed by atoms with Crippen molar-refractivity contribution in [2.24, 2.45) is 0 Å². The minimum Gasteiger partial charge on any atom is -0.398 e. The summed E-state index contributed by atoms with van der Waals surface area (Å²) in [6.45, 7) is 0. The van der Waals surface area contributed by atoms with Gasteiger partial charge in [-0.2, -0.15) is 8.42 Å². The van der Waals surface area contributed by atoms with E-state index in [4.69, 9.17) is 16.0 Å². The fourth-order valence-corrected chi connectivity index (χ4v) is 2.89. The SMILES string of the molecule is Nc1ccc(N)c2c1C(=O)c1cccc(OS(=O)(=O)O)c1C2=O. The van der Waals surface area contributed by atoms with Gasteiger partial charge in [0.15, 0.2) is 17.3 Å². The quantitative estimate of drug-likeness (QED) is 0.460. The minimum atomic E-state index is -4.87. The molecule has 2 aromatic carbocycles. The Kier molecular flexibility index (Phi) is 3.13. The van der Waals surface area contributed by atoms with Crippen molar-refractivity contribution in [3.8, 4) is 5.75 Å². The Bertz CT molecular complexity index is 981. The average molecular weight is 334 g/mol. The van der Waals surface area contributed by atoms with Crippen molar-refractivity contribution < 1.29 is 26.7 Å². The number of fused-ring (bicyclic) bond motifs is 2. The molecule has 0 heterocycles. The number of ketones is 2. The van der Waals surface area contributed by atoms with E-state index < -0.39 is 27.7 Å². The lowest BCUT2D eigenvalue weighted by Gasteiger charge is -2.21. The van der Waals surface area contributed by atoms with Gasteiger partial charge in [-0.25, -0.2) is 0 Å². The zero-order valence-corrected chi connectivity index (χ0v) is 12.3. The normalized spacial score (nSPS) is 13.4. The second-order valence-electron chi connectivity index (χ2n) is 4.84. The molecule has 1 aliphatic rings. The lowest BCUT2D eigenvalue weighted by Crippen LogP contribution is -2.25. The molecule has 8 nitrogen and oxygen atoms in total. The van der Waals surface area contributed by atoms with Gasteiger partial charge >= 0.3 is 10.4 Å². The summed E-state index contributed by atoms with van der Waals surface area (Å²) in [5.74, 6) is -1.75. The first kappa shape index (κ1) is 15.0. The maximum atomic E-state index is 12.7. The van der Waals surface area contributed by atoms with Crippen LogP contribution in [0.25, 0.3) is 0 Å². The standard InChI is InChI=1S/C14H10N2O6S/c15-7-4-5-8(16)12-11(7)13(17)6-2-1-3-9(10(6)14(12)18)22-23(19,20)21/h1-5H,15-16H2,(H,19,20,21). The molecule has 0 saturated heterocycles. The number of nitrogen functional groups attached to an aromatic ring is 2. The number of hydrogen-bond donors (Lipinski definition) is 3. The highest BCUT2D eigenvalue weighted by atomic mass is 32.3. The van der Waals surface area contributed by atoms with Crippen LogP contribution in [0.1, 0.15) is 31.8 Å². The van der Waals surface area contributed by atoms with E-state index >= 15 is 0 Å². The Morgan fingerprint density at radius 2 is 1.43 bits per heavy atom. The maximum Gasteiger partial charge on any atom is 0.446 e. The Balaban J connectivity index is 2.33. The third-order valence-corrected chi connectivity index (χ3v) is 3.81. The molecular weight excluding hydrogens is 324 g/mol. The molecule has 23 heavy (non-hydrogen) atoms. The van der Waals surface area contributed by atoms with Crippen molar-refractivity contribution in [3.63, 3.8) is 0 Å². The number of carbonyl (C=O) groups excluding carboxylic acids is 2. The summed E-state index contributed by atoms with van der Waals surface area (Å²) in [5.41, 5.74) is 11.1. The highest BCUT2D eigenvalue weighted by Gasteiger charge is 2.36. The molecule has 0 radical (unpaired) electrons. The van der Waals surface area contributed by atoms with Crippen molar-refractivity contribution in [2.45, 2.75) is 0 Å². The highest BCUT2D eigenvalue weighted by Crippen LogP contribution is 2.38. The van der Waals surface area contributed by atoms with Crippen LogP contribution in [0.3, 0.4) is 0 Å². The van der Waals surface area contributed by atoms with Gasteiger partial charge in [0.1, 0.15) is 0 Å². The number of rotatable bonds is 2. The lowest BCUT2D eigenvalue weighted by molar-refractivity contribution is 0.0978. The number of carbonyl (C=O) groups is 2. The van der Waals surface area contributed by atoms with Crippen molar-refractivity contribution >= 4 is 33.3 Å². The largest absolute Gasteiger partial charge is 0.446 e. The fourth-order valence-electron chi connectivity index (χ4n) is 2.52. The van der Waals surface area contributed by atoms with Crippen LogP contribution in [-0.2, 0) is 10.4 Å². The second-order valence-corrected chi connectivity index (χ2v) is 5.86.